The van der Waals surface area contributed by atoms with Crippen molar-refractivity contribution in [3.8, 4) is 10.7 Å². The van der Waals surface area contributed by atoms with Crippen molar-refractivity contribution in [2.24, 2.45) is 0 Å². The highest BCUT2D eigenvalue weighted by Gasteiger charge is 2.13. The fraction of sp³-hybridized carbons (Fsp3) is 0.200. The van der Waals surface area contributed by atoms with Crippen LogP contribution in [0.3, 0.4) is 0 Å². The van der Waals surface area contributed by atoms with Crippen LogP contribution in [-0.4, -0.2) is 9.97 Å². The first kappa shape index (κ1) is 11.8. The Labute approximate surface area is 106 Å². The number of aromatic nitrogens is 2. The highest BCUT2D eigenvalue weighted by molar-refractivity contribution is 7.15. The van der Waals surface area contributed by atoms with Crippen molar-refractivity contribution in [1.82, 2.24) is 9.97 Å². The van der Waals surface area contributed by atoms with Gasteiger partial charge in [-0.1, -0.05) is 30.1 Å². The van der Waals surface area contributed by atoms with E-state index in [1.165, 1.54) is 4.88 Å². The summed E-state index contributed by atoms with van der Waals surface area (Å²) in [5.41, 5.74) is 0. The van der Waals surface area contributed by atoms with E-state index in [0.29, 0.717) is 5.82 Å². The van der Waals surface area contributed by atoms with Crippen molar-refractivity contribution < 1.29 is 4.39 Å². The predicted octanol–water partition coefficient (Wildman–Crippen LogP) is 4.21. The largest absolute Gasteiger partial charge is 0.212 e. The van der Waals surface area contributed by atoms with Gasteiger partial charge in [0, 0.05) is 4.88 Å². The van der Waals surface area contributed by atoms with E-state index in [1.807, 2.05) is 12.1 Å². The molecular formula is C10H7Cl2FN2S. The molecule has 0 bridgehead atoms. The van der Waals surface area contributed by atoms with Gasteiger partial charge in [0.2, 0.25) is 0 Å². The lowest BCUT2D eigenvalue weighted by molar-refractivity contribution is 0.615. The van der Waals surface area contributed by atoms with E-state index in [-0.39, 0.29) is 10.3 Å². The van der Waals surface area contributed by atoms with Crippen molar-refractivity contribution in [2.75, 3.05) is 0 Å². The zero-order valence-electron chi connectivity index (χ0n) is 8.30. The fourth-order valence-electron chi connectivity index (χ4n) is 1.19. The van der Waals surface area contributed by atoms with E-state index >= 15 is 0 Å². The van der Waals surface area contributed by atoms with E-state index in [2.05, 4.69) is 16.9 Å². The van der Waals surface area contributed by atoms with Gasteiger partial charge >= 0.3 is 0 Å². The Kier molecular flexibility index (Phi) is 3.42. The molecule has 0 fully saturated rings. The first-order valence-electron chi connectivity index (χ1n) is 4.59. The molecular weight excluding hydrogens is 270 g/mol. The Balaban J connectivity index is 2.48. The van der Waals surface area contributed by atoms with Gasteiger partial charge in [-0.3, -0.25) is 0 Å². The molecule has 0 saturated carbocycles. The number of hydrogen-bond acceptors (Lipinski definition) is 3. The minimum Gasteiger partial charge on any atom is -0.212 e. The van der Waals surface area contributed by atoms with Gasteiger partial charge in [0.1, 0.15) is 0 Å². The third-order valence-electron chi connectivity index (χ3n) is 2.00. The lowest BCUT2D eigenvalue weighted by atomic mass is 10.3. The molecule has 16 heavy (non-hydrogen) atoms. The van der Waals surface area contributed by atoms with Crippen molar-refractivity contribution >= 4 is 34.5 Å². The molecule has 2 aromatic heterocycles. The van der Waals surface area contributed by atoms with Crippen molar-refractivity contribution in [1.29, 1.82) is 0 Å². The molecule has 2 rings (SSSR count). The van der Waals surface area contributed by atoms with Crippen molar-refractivity contribution in [2.45, 2.75) is 13.3 Å². The molecule has 0 unspecified atom stereocenters. The number of halogens is 3. The maximum Gasteiger partial charge on any atom is 0.197 e. The summed E-state index contributed by atoms with van der Waals surface area (Å²) in [6.45, 7) is 2.06. The van der Waals surface area contributed by atoms with Crippen molar-refractivity contribution in [3.63, 3.8) is 0 Å². The lowest BCUT2D eigenvalue weighted by Crippen LogP contribution is -1.92. The van der Waals surface area contributed by atoms with Crippen molar-refractivity contribution in [3.05, 3.63) is 33.1 Å². The Morgan fingerprint density at radius 3 is 2.38 bits per heavy atom. The summed E-state index contributed by atoms with van der Waals surface area (Å²) in [4.78, 5) is 9.75. The first-order valence-corrected chi connectivity index (χ1v) is 6.16. The second-order valence-electron chi connectivity index (χ2n) is 3.06. The average molecular weight is 277 g/mol. The number of nitrogens with zero attached hydrogens (tertiary/aromatic N) is 2. The second kappa shape index (κ2) is 4.65. The topological polar surface area (TPSA) is 25.8 Å². The molecule has 0 aliphatic rings. The molecule has 0 amide bonds. The summed E-state index contributed by atoms with van der Waals surface area (Å²) in [6.07, 6.45) is 0.938. The maximum atomic E-state index is 13.1. The van der Waals surface area contributed by atoms with Crippen LogP contribution in [0.25, 0.3) is 10.7 Å². The number of thiophene rings is 1. The van der Waals surface area contributed by atoms with Gasteiger partial charge in [-0.25, -0.2) is 14.4 Å². The summed E-state index contributed by atoms with van der Waals surface area (Å²) in [6, 6.07) is 3.86. The standard InChI is InChI=1S/C10H7Cl2FN2S/c1-2-5-3-4-6(16-5)10-14-8(11)7(13)9(12)15-10/h3-4H,2H2,1H3. The van der Waals surface area contributed by atoms with Crippen LogP contribution in [-0.2, 0) is 6.42 Å². The smallest absolute Gasteiger partial charge is 0.197 e. The molecule has 6 heteroatoms. The zero-order valence-corrected chi connectivity index (χ0v) is 10.6. The summed E-state index contributed by atoms with van der Waals surface area (Å²) in [5, 5.41) is -0.497. The molecule has 0 aromatic carbocycles. The van der Waals surface area contributed by atoms with Gasteiger partial charge in [-0.05, 0) is 18.6 Å². The molecule has 0 radical (unpaired) electrons. The molecule has 0 spiro atoms. The summed E-state index contributed by atoms with van der Waals surface area (Å²) < 4.78 is 13.1. The van der Waals surface area contributed by atoms with E-state index < -0.39 is 5.82 Å². The molecule has 0 aliphatic heterocycles. The van der Waals surface area contributed by atoms with Crippen LogP contribution in [0.2, 0.25) is 10.3 Å². The van der Waals surface area contributed by atoms with Crippen LogP contribution >= 0.6 is 34.5 Å². The lowest BCUT2D eigenvalue weighted by Gasteiger charge is -1.99. The normalized spacial score (nSPS) is 10.8. The van der Waals surface area contributed by atoms with E-state index in [9.17, 15) is 4.39 Å². The van der Waals surface area contributed by atoms with Crippen LogP contribution in [0.15, 0.2) is 12.1 Å². The summed E-state index contributed by atoms with van der Waals surface area (Å²) >= 11 is 12.8. The van der Waals surface area contributed by atoms with Crippen LogP contribution < -0.4 is 0 Å². The average Bonchev–Trinajstić information content (AvgIpc) is 2.73. The monoisotopic (exact) mass is 276 g/mol. The van der Waals surface area contributed by atoms with Gasteiger partial charge < -0.3 is 0 Å². The zero-order chi connectivity index (χ0) is 11.7. The quantitative estimate of drug-likeness (QED) is 0.768. The highest BCUT2D eigenvalue weighted by Crippen LogP contribution is 2.29. The molecule has 0 atom stereocenters. The number of hydrogen-bond donors (Lipinski definition) is 0. The van der Waals surface area contributed by atoms with E-state index in [4.69, 9.17) is 23.2 Å². The van der Waals surface area contributed by atoms with Crippen LogP contribution in [0.5, 0.6) is 0 Å². The van der Waals surface area contributed by atoms with E-state index in [0.717, 1.165) is 11.3 Å². The van der Waals surface area contributed by atoms with Gasteiger partial charge in [0.25, 0.3) is 0 Å². The van der Waals surface area contributed by atoms with E-state index in [1.54, 1.807) is 11.3 Å². The molecule has 0 N–H and O–H groups in total. The highest BCUT2D eigenvalue weighted by atomic mass is 35.5. The minimum atomic E-state index is -0.778. The number of aryl methyl sites for hydroxylation is 1. The molecule has 0 saturated heterocycles. The Morgan fingerprint density at radius 1 is 1.25 bits per heavy atom. The summed E-state index contributed by atoms with van der Waals surface area (Å²) in [7, 11) is 0. The fourth-order valence-corrected chi connectivity index (χ4v) is 2.46. The van der Waals surface area contributed by atoms with Crippen LogP contribution in [0, 0.1) is 5.82 Å². The first-order chi connectivity index (χ1) is 7.61. The molecule has 2 nitrogen and oxygen atoms in total. The predicted molar refractivity (Wildman–Crippen MR) is 64.7 cm³/mol. The SMILES string of the molecule is CCc1ccc(-c2nc(Cl)c(F)c(Cl)n2)s1. The molecule has 0 aliphatic carbocycles. The van der Waals surface area contributed by atoms with Crippen LogP contribution in [0.4, 0.5) is 4.39 Å². The second-order valence-corrected chi connectivity index (χ2v) is 4.95. The Morgan fingerprint density at radius 2 is 1.88 bits per heavy atom. The summed E-state index contributed by atoms with van der Waals surface area (Å²) in [5.74, 6) is -0.416. The third kappa shape index (κ3) is 2.19. The number of rotatable bonds is 2. The Hall–Kier alpha value is -0.710. The minimum absolute atomic E-state index is 0.249. The molecule has 2 aromatic rings. The van der Waals surface area contributed by atoms with Gasteiger partial charge in [-0.2, -0.15) is 0 Å². The molecule has 84 valence electrons. The maximum absolute atomic E-state index is 13.1. The third-order valence-corrected chi connectivity index (χ3v) is 3.73. The van der Waals surface area contributed by atoms with Crippen LogP contribution in [0.1, 0.15) is 11.8 Å². The Bertz CT molecular complexity index is 504. The molecule has 2 heterocycles. The van der Waals surface area contributed by atoms with Gasteiger partial charge in [0.05, 0.1) is 4.88 Å². The van der Waals surface area contributed by atoms with Gasteiger partial charge in [0.15, 0.2) is 21.9 Å². The van der Waals surface area contributed by atoms with Gasteiger partial charge in [-0.15, -0.1) is 11.3 Å².